The Labute approximate surface area is 70.8 Å². The van der Waals surface area contributed by atoms with Crippen LogP contribution in [0.25, 0.3) is 0 Å². The average molecular weight is 158 g/mol. The van der Waals surface area contributed by atoms with Crippen molar-refractivity contribution in [3.05, 3.63) is 0 Å². The molecule has 0 radical (unpaired) electrons. The van der Waals surface area contributed by atoms with Gasteiger partial charge in [-0.1, -0.05) is 40.5 Å². The van der Waals surface area contributed by atoms with E-state index in [1.165, 1.54) is 12.8 Å². The van der Waals surface area contributed by atoms with Crippen molar-refractivity contribution in [2.45, 2.75) is 40.5 Å². The Morgan fingerprint density at radius 1 is 1.00 bits per heavy atom. The first-order chi connectivity index (χ1) is 5.17. The van der Waals surface area contributed by atoms with Gasteiger partial charge in [-0.2, -0.15) is 0 Å². The lowest BCUT2D eigenvalue weighted by molar-refractivity contribution is 0.130. The van der Waals surface area contributed by atoms with Crippen LogP contribution in [0.1, 0.15) is 40.5 Å². The molecule has 0 aliphatic heterocycles. The quantitative estimate of drug-likeness (QED) is 0.652. The third-order valence-corrected chi connectivity index (χ3v) is 2.96. The zero-order chi connectivity index (χ0) is 8.85. The van der Waals surface area contributed by atoms with Gasteiger partial charge in [0, 0.05) is 6.61 Å². The Balaban J connectivity index is 3.92. The Kier molecular flexibility index (Phi) is 5.57. The molecule has 1 heteroatoms. The molecule has 0 spiro atoms. The van der Waals surface area contributed by atoms with E-state index in [1.54, 1.807) is 0 Å². The van der Waals surface area contributed by atoms with E-state index in [2.05, 4.69) is 27.7 Å². The zero-order valence-electron chi connectivity index (χ0n) is 8.30. The number of aliphatic hydroxyl groups excluding tert-OH is 1. The minimum absolute atomic E-state index is 0.351. The molecule has 0 saturated carbocycles. The highest BCUT2D eigenvalue weighted by molar-refractivity contribution is 4.69. The highest BCUT2D eigenvalue weighted by Gasteiger charge is 2.19. The summed E-state index contributed by atoms with van der Waals surface area (Å²) in [7, 11) is 0. The first-order valence-electron chi connectivity index (χ1n) is 4.78. The molecule has 68 valence electrons. The van der Waals surface area contributed by atoms with Crippen LogP contribution in [0.5, 0.6) is 0 Å². The highest BCUT2D eigenvalue weighted by Crippen LogP contribution is 2.24. The molecule has 0 aromatic carbocycles. The molecule has 0 fully saturated rings. The molecule has 1 N–H and O–H groups in total. The van der Waals surface area contributed by atoms with Crippen LogP contribution in [0.4, 0.5) is 0 Å². The summed E-state index contributed by atoms with van der Waals surface area (Å²) >= 11 is 0. The van der Waals surface area contributed by atoms with Gasteiger partial charge in [0.1, 0.15) is 0 Å². The minimum Gasteiger partial charge on any atom is -0.396 e. The highest BCUT2D eigenvalue weighted by atomic mass is 16.3. The van der Waals surface area contributed by atoms with Gasteiger partial charge in [-0.15, -0.1) is 0 Å². The van der Waals surface area contributed by atoms with Gasteiger partial charge in [-0.05, 0) is 17.8 Å². The molecule has 0 heterocycles. The third-order valence-electron chi connectivity index (χ3n) is 2.96. The fraction of sp³-hybridized carbons (Fsp3) is 1.00. The van der Waals surface area contributed by atoms with E-state index in [9.17, 15) is 0 Å². The van der Waals surface area contributed by atoms with Gasteiger partial charge in [-0.25, -0.2) is 0 Å². The molecule has 0 bridgehead atoms. The fourth-order valence-electron chi connectivity index (χ4n) is 1.53. The molecule has 0 rings (SSSR count). The van der Waals surface area contributed by atoms with Gasteiger partial charge < -0.3 is 5.11 Å². The molecule has 2 atom stereocenters. The maximum Gasteiger partial charge on any atom is 0.0464 e. The number of rotatable bonds is 5. The van der Waals surface area contributed by atoms with Gasteiger partial charge >= 0.3 is 0 Å². The van der Waals surface area contributed by atoms with Gasteiger partial charge in [0.15, 0.2) is 0 Å². The van der Waals surface area contributed by atoms with Crippen molar-refractivity contribution in [2.24, 2.45) is 17.8 Å². The summed E-state index contributed by atoms with van der Waals surface area (Å²) in [5, 5.41) is 9.13. The van der Waals surface area contributed by atoms with E-state index < -0.39 is 0 Å². The summed E-state index contributed by atoms with van der Waals surface area (Å²) < 4.78 is 0. The number of hydrogen-bond donors (Lipinski definition) is 1. The van der Waals surface area contributed by atoms with Crippen LogP contribution < -0.4 is 0 Å². The van der Waals surface area contributed by atoms with Crippen molar-refractivity contribution in [3.63, 3.8) is 0 Å². The summed E-state index contributed by atoms with van der Waals surface area (Å²) in [4.78, 5) is 0. The van der Waals surface area contributed by atoms with Crippen LogP contribution in [0.15, 0.2) is 0 Å². The van der Waals surface area contributed by atoms with E-state index in [-0.39, 0.29) is 0 Å². The molecule has 0 aliphatic carbocycles. The van der Waals surface area contributed by atoms with Gasteiger partial charge in [0.05, 0.1) is 0 Å². The zero-order valence-corrected chi connectivity index (χ0v) is 8.30. The second-order valence-corrected chi connectivity index (χ2v) is 3.62. The molecule has 0 aliphatic rings. The van der Waals surface area contributed by atoms with Gasteiger partial charge in [0.2, 0.25) is 0 Å². The van der Waals surface area contributed by atoms with Crippen molar-refractivity contribution < 1.29 is 5.11 Å². The van der Waals surface area contributed by atoms with E-state index >= 15 is 0 Å². The molecular weight excluding hydrogens is 136 g/mol. The van der Waals surface area contributed by atoms with Crippen LogP contribution in [0, 0.1) is 17.8 Å². The van der Waals surface area contributed by atoms with Crippen LogP contribution in [0.3, 0.4) is 0 Å². The summed E-state index contributed by atoms with van der Waals surface area (Å²) in [6, 6.07) is 0. The molecule has 11 heavy (non-hydrogen) atoms. The molecule has 0 aromatic heterocycles. The largest absolute Gasteiger partial charge is 0.396 e. The number of hydrogen-bond acceptors (Lipinski definition) is 1. The second kappa shape index (κ2) is 5.59. The summed E-state index contributed by atoms with van der Waals surface area (Å²) in [6.45, 7) is 9.19. The second-order valence-electron chi connectivity index (χ2n) is 3.62. The third kappa shape index (κ3) is 3.24. The molecule has 0 saturated heterocycles. The van der Waals surface area contributed by atoms with Gasteiger partial charge in [-0.3, -0.25) is 0 Å². The van der Waals surface area contributed by atoms with E-state index in [1.807, 2.05) is 0 Å². The molecule has 0 aromatic rings. The molecular formula is C10H22O. The maximum absolute atomic E-state index is 9.13. The van der Waals surface area contributed by atoms with Crippen LogP contribution in [-0.4, -0.2) is 11.7 Å². The van der Waals surface area contributed by atoms with Crippen LogP contribution >= 0.6 is 0 Å². The maximum atomic E-state index is 9.13. The molecule has 2 unspecified atom stereocenters. The predicted octanol–water partition coefficient (Wildman–Crippen LogP) is 2.69. The lowest BCUT2D eigenvalue weighted by Crippen LogP contribution is -2.22. The van der Waals surface area contributed by atoms with Crippen LogP contribution in [0.2, 0.25) is 0 Å². The lowest BCUT2D eigenvalue weighted by atomic mass is 9.81. The van der Waals surface area contributed by atoms with E-state index in [0.29, 0.717) is 24.4 Å². The van der Waals surface area contributed by atoms with E-state index in [0.717, 1.165) is 0 Å². The Bertz CT molecular complexity index is 80.9. The molecule has 0 amide bonds. The standard InChI is InChI=1S/C10H22O/c1-5-8(3)10(7-11)9(4)6-2/h8-11H,5-7H2,1-4H3. The monoisotopic (exact) mass is 158 g/mol. The Morgan fingerprint density at radius 3 is 1.55 bits per heavy atom. The van der Waals surface area contributed by atoms with Crippen molar-refractivity contribution in [1.29, 1.82) is 0 Å². The van der Waals surface area contributed by atoms with Crippen molar-refractivity contribution in [2.75, 3.05) is 6.61 Å². The van der Waals surface area contributed by atoms with Crippen molar-refractivity contribution in [3.8, 4) is 0 Å². The Morgan fingerprint density at radius 2 is 1.36 bits per heavy atom. The first-order valence-corrected chi connectivity index (χ1v) is 4.78. The minimum atomic E-state index is 0.351. The lowest BCUT2D eigenvalue weighted by Gasteiger charge is -2.26. The molecule has 1 nitrogen and oxygen atoms in total. The number of aliphatic hydroxyl groups is 1. The van der Waals surface area contributed by atoms with E-state index in [4.69, 9.17) is 5.11 Å². The predicted molar refractivity (Wildman–Crippen MR) is 49.5 cm³/mol. The fourth-order valence-corrected chi connectivity index (χ4v) is 1.53. The first kappa shape index (κ1) is 11.0. The topological polar surface area (TPSA) is 20.2 Å². The van der Waals surface area contributed by atoms with Crippen molar-refractivity contribution >= 4 is 0 Å². The summed E-state index contributed by atoms with van der Waals surface area (Å²) in [6.07, 6.45) is 2.35. The van der Waals surface area contributed by atoms with Gasteiger partial charge in [0.25, 0.3) is 0 Å². The van der Waals surface area contributed by atoms with Crippen molar-refractivity contribution in [1.82, 2.24) is 0 Å². The Hall–Kier alpha value is -0.0400. The normalized spacial score (nSPS) is 19.4. The average Bonchev–Trinajstić information content (AvgIpc) is 2.05. The summed E-state index contributed by atoms with van der Waals surface area (Å²) in [5.41, 5.74) is 0. The van der Waals surface area contributed by atoms with Crippen LogP contribution in [-0.2, 0) is 0 Å². The SMILES string of the molecule is CCC(C)C(CO)C(C)CC. The smallest absolute Gasteiger partial charge is 0.0464 e. The summed E-state index contributed by atoms with van der Waals surface area (Å²) in [5.74, 6) is 1.83.